The molecular weight excluding hydrogens is 504 g/mol. The Morgan fingerprint density at radius 2 is 1.78 bits per heavy atom. The SMILES string of the molecule is O=C(O)CSc1cnc(CNC(=O)CCC(C2CCCCC2)C2CCC(OCc3ccccc3)CC2)s1. The Morgan fingerprint density at radius 3 is 2.51 bits per heavy atom. The molecule has 2 aliphatic carbocycles. The summed E-state index contributed by atoms with van der Waals surface area (Å²) >= 11 is 2.72. The number of nitrogens with zero attached hydrogens (tertiary/aromatic N) is 1. The number of aromatic nitrogens is 1. The van der Waals surface area contributed by atoms with Gasteiger partial charge in [-0.2, -0.15) is 0 Å². The molecule has 2 saturated carbocycles. The van der Waals surface area contributed by atoms with Gasteiger partial charge >= 0.3 is 5.97 Å². The first-order valence-corrected chi connectivity index (χ1v) is 15.6. The monoisotopic (exact) mass is 544 g/mol. The Kier molecular flexibility index (Phi) is 11.3. The van der Waals surface area contributed by atoms with Crippen LogP contribution < -0.4 is 5.32 Å². The predicted octanol–water partition coefficient (Wildman–Crippen LogP) is 6.69. The van der Waals surface area contributed by atoms with Crippen LogP contribution >= 0.6 is 23.1 Å². The molecule has 6 nitrogen and oxygen atoms in total. The fourth-order valence-corrected chi connectivity index (χ4v) is 7.71. The summed E-state index contributed by atoms with van der Waals surface area (Å²) in [4.78, 5) is 27.8. The number of hydrogen-bond acceptors (Lipinski definition) is 6. The third-order valence-corrected chi connectivity index (χ3v) is 10.1. The highest BCUT2D eigenvalue weighted by Crippen LogP contribution is 2.42. The number of thiazole rings is 1. The summed E-state index contributed by atoms with van der Waals surface area (Å²) in [7, 11) is 0. The molecule has 202 valence electrons. The number of thioether (sulfide) groups is 1. The normalized spacial score (nSPS) is 21.4. The molecule has 0 radical (unpaired) electrons. The molecule has 8 heteroatoms. The van der Waals surface area contributed by atoms with Crippen molar-refractivity contribution in [2.75, 3.05) is 5.75 Å². The summed E-state index contributed by atoms with van der Waals surface area (Å²) in [5.74, 6) is 1.35. The van der Waals surface area contributed by atoms with E-state index in [1.807, 2.05) is 6.07 Å². The van der Waals surface area contributed by atoms with Crippen molar-refractivity contribution in [2.24, 2.45) is 17.8 Å². The summed E-state index contributed by atoms with van der Waals surface area (Å²) in [6, 6.07) is 10.4. The van der Waals surface area contributed by atoms with Gasteiger partial charge in [-0.3, -0.25) is 9.59 Å². The second kappa shape index (κ2) is 14.9. The molecule has 2 fully saturated rings. The first kappa shape index (κ1) is 28.1. The van der Waals surface area contributed by atoms with E-state index in [-0.39, 0.29) is 11.7 Å². The molecule has 0 spiro atoms. The zero-order valence-corrected chi connectivity index (χ0v) is 23.2. The minimum absolute atomic E-state index is 0.0254. The van der Waals surface area contributed by atoms with Crippen LogP contribution in [0.25, 0.3) is 0 Å². The van der Waals surface area contributed by atoms with Crippen molar-refractivity contribution in [3.8, 4) is 0 Å². The van der Waals surface area contributed by atoms with Gasteiger partial charge in [-0.25, -0.2) is 4.98 Å². The molecule has 1 heterocycles. The third-order valence-electron chi connectivity index (χ3n) is 7.92. The van der Waals surface area contributed by atoms with Crippen molar-refractivity contribution in [1.82, 2.24) is 10.3 Å². The molecule has 2 aliphatic rings. The van der Waals surface area contributed by atoms with E-state index < -0.39 is 5.97 Å². The maximum Gasteiger partial charge on any atom is 0.313 e. The van der Waals surface area contributed by atoms with E-state index in [1.165, 1.54) is 73.6 Å². The minimum atomic E-state index is -0.839. The fourth-order valence-electron chi connectivity index (χ4n) is 6.03. The number of carboxylic acid groups (broad SMARTS) is 1. The fraction of sp³-hybridized carbons (Fsp3) is 0.621. The molecule has 0 aliphatic heterocycles. The van der Waals surface area contributed by atoms with E-state index in [1.54, 1.807) is 6.20 Å². The van der Waals surface area contributed by atoms with Gasteiger partial charge in [0.1, 0.15) is 5.01 Å². The average Bonchev–Trinajstić information content (AvgIpc) is 3.39. The predicted molar refractivity (Wildman–Crippen MR) is 149 cm³/mol. The van der Waals surface area contributed by atoms with Gasteiger partial charge in [-0.05, 0) is 55.4 Å². The number of hydrogen-bond donors (Lipinski definition) is 2. The zero-order valence-electron chi connectivity index (χ0n) is 21.6. The van der Waals surface area contributed by atoms with Crippen LogP contribution in [0.1, 0.15) is 81.2 Å². The number of ether oxygens (including phenoxy) is 1. The number of rotatable bonds is 13. The highest BCUT2D eigenvalue weighted by molar-refractivity contribution is 8.01. The van der Waals surface area contributed by atoms with Gasteiger partial charge in [0.05, 0.1) is 35.4 Å². The zero-order chi connectivity index (χ0) is 25.9. The standard InChI is InChI=1S/C29H40N2O4S2/c32-26(30-17-27-31-18-29(37-27)36-20-28(33)34)16-15-25(22-9-5-2-6-10-22)23-11-13-24(14-12-23)35-19-21-7-3-1-4-8-21/h1,3-4,7-8,18,22-25H,2,5-6,9-17,19-20H2,(H,30,32)(H,33,34). The van der Waals surface area contributed by atoms with Crippen LogP contribution in [0.5, 0.6) is 0 Å². The second-order valence-electron chi connectivity index (χ2n) is 10.5. The van der Waals surface area contributed by atoms with Crippen molar-refractivity contribution in [3.05, 3.63) is 47.1 Å². The molecule has 2 aromatic rings. The summed E-state index contributed by atoms with van der Waals surface area (Å²) in [6.07, 6.45) is 14.9. The van der Waals surface area contributed by atoms with E-state index in [0.29, 0.717) is 37.5 Å². The van der Waals surface area contributed by atoms with E-state index in [0.717, 1.165) is 34.4 Å². The minimum Gasteiger partial charge on any atom is -0.481 e. The van der Waals surface area contributed by atoms with Crippen LogP contribution in [0, 0.1) is 17.8 Å². The van der Waals surface area contributed by atoms with E-state index in [4.69, 9.17) is 9.84 Å². The molecule has 37 heavy (non-hydrogen) atoms. The number of amides is 1. The lowest BCUT2D eigenvalue weighted by atomic mass is 9.67. The summed E-state index contributed by atoms with van der Waals surface area (Å²) < 4.78 is 7.11. The van der Waals surface area contributed by atoms with E-state index >= 15 is 0 Å². The molecule has 0 saturated heterocycles. The largest absolute Gasteiger partial charge is 0.481 e. The quantitative estimate of drug-likeness (QED) is 0.273. The molecular formula is C29H40N2O4S2. The van der Waals surface area contributed by atoms with Crippen LogP contribution in [-0.2, 0) is 27.5 Å². The number of carbonyl (C=O) groups is 2. The van der Waals surface area contributed by atoms with Crippen LogP contribution in [-0.4, -0.2) is 33.8 Å². The molecule has 4 rings (SSSR count). The van der Waals surface area contributed by atoms with Crippen molar-refractivity contribution in [2.45, 2.75) is 94.1 Å². The van der Waals surface area contributed by atoms with Gasteiger partial charge < -0.3 is 15.2 Å². The highest BCUT2D eigenvalue weighted by Gasteiger charge is 2.33. The number of aliphatic carboxylic acids is 1. The molecule has 1 atom stereocenters. The van der Waals surface area contributed by atoms with Crippen LogP contribution in [0.2, 0.25) is 0 Å². The molecule has 1 amide bonds. The smallest absolute Gasteiger partial charge is 0.313 e. The number of nitrogens with one attached hydrogen (secondary N) is 1. The Bertz CT molecular complexity index is 969. The maximum absolute atomic E-state index is 12.7. The number of carbonyl (C=O) groups excluding carboxylic acids is 1. The molecule has 2 N–H and O–H groups in total. The van der Waals surface area contributed by atoms with Gasteiger partial charge in [0.2, 0.25) is 5.91 Å². The summed E-state index contributed by atoms with van der Waals surface area (Å²) in [5, 5.41) is 12.7. The van der Waals surface area contributed by atoms with Crippen molar-refractivity contribution < 1.29 is 19.4 Å². The van der Waals surface area contributed by atoms with Crippen molar-refractivity contribution >= 4 is 35.0 Å². The lowest BCUT2D eigenvalue weighted by Crippen LogP contribution is -2.32. The number of benzene rings is 1. The Morgan fingerprint density at radius 1 is 1.05 bits per heavy atom. The van der Waals surface area contributed by atoms with E-state index in [9.17, 15) is 9.59 Å². The second-order valence-corrected chi connectivity index (χ2v) is 12.9. The Labute approximate surface area is 229 Å². The van der Waals surface area contributed by atoms with Gasteiger partial charge in [-0.15, -0.1) is 23.1 Å². The molecule has 1 aromatic carbocycles. The Hall–Kier alpha value is -1.90. The van der Waals surface area contributed by atoms with Gasteiger partial charge in [0.15, 0.2) is 0 Å². The average molecular weight is 545 g/mol. The number of carboxylic acids is 1. The maximum atomic E-state index is 12.7. The van der Waals surface area contributed by atoms with Gasteiger partial charge in [0.25, 0.3) is 0 Å². The van der Waals surface area contributed by atoms with Crippen LogP contribution in [0.15, 0.2) is 40.7 Å². The van der Waals surface area contributed by atoms with E-state index in [2.05, 4.69) is 34.6 Å². The summed E-state index contributed by atoms with van der Waals surface area (Å²) in [5.41, 5.74) is 1.24. The first-order valence-electron chi connectivity index (χ1n) is 13.8. The van der Waals surface area contributed by atoms with Gasteiger partial charge in [0, 0.05) is 6.42 Å². The molecule has 1 unspecified atom stereocenters. The van der Waals surface area contributed by atoms with Gasteiger partial charge in [-0.1, -0.05) is 62.4 Å². The van der Waals surface area contributed by atoms with Crippen LogP contribution in [0.3, 0.4) is 0 Å². The van der Waals surface area contributed by atoms with Crippen molar-refractivity contribution in [1.29, 1.82) is 0 Å². The topological polar surface area (TPSA) is 88.5 Å². The highest BCUT2D eigenvalue weighted by atomic mass is 32.2. The molecule has 0 bridgehead atoms. The van der Waals surface area contributed by atoms with Crippen LogP contribution in [0.4, 0.5) is 0 Å². The third kappa shape index (κ3) is 9.41. The Balaban J connectivity index is 1.22. The lowest BCUT2D eigenvalue weighted by molar-refractivity contribution is -0.134. The summed E-state index contributed by atoms with van der Waals surface area (Å²) in [6.45, 7) is 1.11. The lowest BCUT2D eigenvalue weighted by Gasteiger charge is -2.39. The first-order chi connectivity index (χ1) is 18.1. The van der Waals surface area contributed by atoms with Crippen molar-refractivity contribution in [3.63, 3.8) is 0 Å². The molecule has 1 aromatic heterocycles.